The number of piperidine rings is 1. The molecular weight excluding hydrogens is 134 g/mol. The second-order valence-electron chi connectivity index (χ2n) is 1.53. The number of β-amino-alcohol motifs (C(OH)–C–C–N with tert-alkyl or cyclic N) is 1. The first-order valence-corrected chi connectivity index (χ1v) is 2.40. The van der Waals surface area contributed by atoms with Crippen molar-refractivity contribution in [1.29, 1.82) is 0 Å². The lowest BCUT2D eigenvalue weighted by molar-refractivity contribution is -0.143. The normalized spacial score (nSPS) is 75.3. The molecule has 0 saturated carbocycles. The third-order valence-electron chi connectivity index (χ3n) is 0.826. The molecule has 1 heterocycles. The fourth-order valence-electron chi connectivity index (χ4n) is 0.441. The molecule has 0 bridgehead atoms. The van der Waals surface area contributed by atoms with Gasteiger partial charge in [0.1, 0.15) is 0 Å². The predicted molar refractivity (Wildman–Crippen MR) is 34.6 cm³/mol. The number of hydrogen-bond donors (Lipinski definition) is 3. The van der Waals surface area contributed by atoms with Crippen LogP contribution < -0.4 is 5.32 Å². The highest BCUT2D eigenvalue weighted by Crippen LogP contribution is 2.09. The number of hydrogen-bond acceptors (Lipinski definition) is 3. The summed E-state index contributed by atoms with van der Waals surface area (Å²) in [6, 6.07) is 0. The van der Waals surface area contributed by atoms with E-state index in [4.69, 9.17) is 16.1 Å². The van der Waals surface area contributed by atoms with Crippen molar-refractivity contribution in [3.8, 4) is 0 Å². The average molecular weight is 153 g/mol. The fraction of sp³-hybridized carbons (Fsp3) is 0.833. The maximum Gasteiger partial charge on any atom is 0.307 e. The average Bonchev–Trinajstić information content (AvgIpc) is 2.11. The Hall–Kier alpha value is -0.610. The van der Waals surface area contributed by atoms with Crippen LogP contribution in [0.3, 0.4) is 0 Å². The topological polar surface area (TPSA) is 69.6 Å². The monoisotopic (exact) mass is 153 g/mol. The Morgan fingerprint density at radius 1 is 1.80 bits per heavy atom. The van der Waals surface area contributed by atoms with Crippen LogP contribution in [0.5, 0.6) is 0 Å². The standard InChI is InChI=1S/C6H11NO3/c8-5-1-4(6(9)10)2-7-3-5/h4-5,7-8H,1-3H2,(H,9,10)/i1D2,2D2,3D2,4D,5D. The summed E-state index contributed by atoms with van der Waals surface area (Å²) in [6.07, 6.45) is -7.37. The maximum absolute atomic E-state index is 11.0. The summed E-state index contributed by atoms with van der Waals surface area (Å²) in [5, 5.41) is 19.8. The van der Waals surface area contributed by atoms with E-state index >= 15 is 0 Å². The first-order valence-electron chi connectivity index (χ1n) is 6.40. The van der Waals surface area contributed by atoms with Gasteiger partial charge in [0.2, 0.25) is 0 Å². The molecule has 0 aromatic carbocycles. The zero-order chi connectivity index (χ0) is 14.8. The lowest BCUT2D eigenvalue weighted by atomic mass is 9.98. The van der Waals surface area contributed by atoms with Crippen molar-refractivity contribution in [3.05, 3.63) is 0 Å². The van der Waals surface area contributed by atoms with Gasteiger partial charge in [-0.25, -0.2) is 0 Å². The predicted octanol–water partition coefficient (Wildman–Crippen LogP) is -0.959. The molecule has 0 aromatic rings. The molecule has 0 spiro atoms. The molecule has 2 atom stereocenters. The summed E-state index contributed by atoms with van der Waals surface area (Å²) < 4.78 is 58.5. The van der Waals surface area contributed by atoms with Crippen LogP contribution in [0.25, 0.3) is 0 Å². The third-order valence-corrected chi connectivity index (χ3v) is 0.826. The van der Waals surface area contributed by atoms with Crippen molar-refractivity contribution in [2.75, 3.05) is 13.0 Å². The Labute approximate surface area is 70.1 Å². The van der Waals surface area contributed by atoms with E-state index in [1.165, 1.54) is 5.32 Å². The Bertz CT molecular complexity index is 396. The van der Waals surface area contributed by atoms with Crippen molar-refractivity contribution in [3.63, 3.8) is 0 Å². The fourth-order valence-corrected chi connectivity index (χ4v) is 0.441. The molecule has 0 amide bonds. The molecule has 3 N–H and O–H groups in total. The van der Waals surface area contributed by atoms with Crippen molar-refractivity contribution in [1.82, 2.24) is 5.32 Å². The van der Waals surface area contributed by atoms with Gasteiger partial charge in [-0.3, -0.25) is 4.79 Å². The SMILES string of the molecule is [2H]C1([2H])NC([2H])([2H])C([2H])(C(=O)O)C([2H])([2H])C1([2H])O. The smallest absolute Gasteiger partial charge is 0.307 e. The summed E-state index contributed by atoms with van der Waals surface area (Å²) >= 11 is 0. The largest absolute Gasteiger partial charge is 0.481 e. The van der Waals surface area contributed by atoms with Gasteiger partial charge in [-0.1, -0.05) is 0 Å². The molecule has 1 fully saturated rings. The van der Waals surface area contributed by atoms with Crippen LogP contribution in [0, 0.1) is 5.89 Å². The minimum Gasteiger partial charge on any atom is -0.481 e. The molecule has 1 aliphatic rings. The number of rotatable bonds is 1. The molecule has 2 unspecified atom stereocenters. The van der Waals surface area contributed by atoms with Gasteiger partial charge >= 0.3 is 5.97 Å². The van der Waals surface area contributed by atoms with E-state index in [0.717, 1.165) is 0 Å². The Morgan fingerprint density at radius 2 is 2.50 bits per heavy atom. The summed E-state index contributed by atoms with van der Waals surface area (Å²) in [5.41, 5.74) is 0. The molecule has 0 radical (unpaired) electrons. The number of aliphatic carboxylic acids is 1. The Balaban J connectivity index is 3.60. The van der Waals surface area contributed by atoms with Crippen LogP contribution >= 0.6 is 0 Å². The number of aliphatic hydroxyl groups is 1. The van der Waals surface area contributed by atoms with Crippen LogP contribution in [0.2, 0.25) is 0 Å². The summed E-state index contributed by atoms with van der Waals surface area (Å²) in [7, 11) is 0. The van der Waals surface area contributed by atoms with E-state index in [0.29, 0.717) is 0 Å². The van der Waals surface area contributed by atoms with Gasteiger partial charge in [-0.15, -0.1) is 0 Å². The Kier molecular flexibility index (Phi) is 0.652. The summed E-state index contributed by atoms with van der Waals surface area (Å²) in [4.78, 5) is 11.0. The van der Waals surface area contributed by atoms with Crippen LogP contribution in [0.1, 0.15) is 17.3 Å². The van der Waals surface area contributed by atoms with Crippen LogP contribution in [0.15, 0.2) is 0 Å². The quantitative estimate of drug-likeness (QED) is 0.454. The van der Waals surface area contributed by atoms with Crippen molar-refractivity contribution < 1.29 is 26.0 Å². The number of carboxylic acids is 1. The molecule has 1 aliphatic heterocycles. The van der Waals surface area contributed by atoms with Gasteiger partial charge in [0.15, 0.2) is 0 Å². The molecule has 1 saturated heterocycles. The van der Waals surface area contributed by atoms with Crippen LogP contribution in [-0.2, 0) is 4.79 Å². The zero-order valence-electron chi connectivity index (χ0n) is 12.8. The number of carbonyl (C=O) groups is 1. The lowest BCUT2D eigenvalue weighted by Crippen LogP contribution is -2.42. The Morgan fingerprint density at radius 3 is 3.10 bits per heavy atom. The van der Waals surface area contributed by atoms with E-state index in [1.54, 1.807) is 0 Å². The van der Waals surface area contributed by atoms with Crippen LogP contribution in [0.4, 0.5) is 0 Å². The molecule has 0 aromatic heterocycles. The molecule has 4 heteroatoms. The van der Waals surface area contributed by atoms with E-state index < -0.39 is 37.3 Å². The second-order valence-corrected chi connectivity index (χ2v) is 1.53. The van der Waals surface area contributed by atoms with Gasteiger partial charge in [-0.05, 0) is 6.37 Å². The molecule has 0 aliphatic carbocycles. The van der Waals surface area contributed by atoms with Gasteiger partial charge in [0, 0.05) is 22.6 Å². The number of nitrogens with one attached hydrogen (secondary N) is 1. The van der Waals surface area contributed by atoms with Crippen molar-refractivity contribution in [2.24, 2.45) is 5.89 Å². The maximum atomic E-state index is 11.0. The van der Waals surface area contributed by atoms with Gasteiger partial charge in [0.25, 0.3) is 0 Å². The molecule has 58 valence electrons. The minimum atomic E-state index is -3.70. The highest BCUT2D eigenvalue weighted by atomic mass is 16.4. The molecule has 4 nitrogen and oxygen atoms in total. The van der Waals surface area contributed by atoms with Gasteiger partial charge in [0.05, 0.1) is 13.3 Å². The van der Waals surface area contributed by atoms with E-state index in [9.17, 15) is 9.90 Å². The van der Waals surface area contributed by atoms with Gasteiger partial charge < -0.3 is 15.5 Å². The van der Waals surface area contributed by atoms with E-state index in [1.807, 2.05) is 0 Å². The highest BCUT2D eigenvalue weighted by molar-refractivity contribution is 5.70. The molecule has 10 heavy (non-hydrogen) atoms. The van der Waals surface area contributed by atoms with E-state index in [-0.39, 0.29) is 0 Å². The second kappa shape index (κ2) is 2.98. The molecule has 1 rings (SSSR count). The minimum absolute atomic E-state index is 1.37. The van der Waals surface area contributed by atoms with Crippen LogP contribution in [-0.4, -0.2) is 35.3 Å². The zero-order valence-corrected chi connectivity index (χ0v) is 4.80. The van der Waals surface area contributed by atoms with Gasteiger partial charge in [-0.2, -0.15) is 0 Å². The first-order chi connectivity index (χ1) is 7.65. The number of carboxylic acid groups (broad SMARTS) is 1. The molecular formula is C6H11NO3. The highest BCUT2D eigenvalue weighted by Gasteiger charge is 2.24. The van der Waals surface area contributed by atoms with Crippen molar-refractivity contribution in [2.45, 2.75) is 12.5 Å². The third kappa shape index (κ3) is 1.68. The first kappa shape index (κ1) is 2.19. The van der Waals surface area contributed by atoms with E-state index in [2.05, 4.69) is 0 Å². The lowest BCUT2D eigenvalue weighted by Gasteiger charge is -2.23. The summed E-state index contributed by atoms with van der Waals surface area (Å²) in [5.74, 6) is -5.85. The van der Waals surface area contributed by atoms with Crippen molar-refractivity contribution >= 4 is 5.97 Å². The summed E-state index contributed by atoms with van der Waals surface area (Å²) in [6.45, 7) is -6.61.